The summed E-state index contributed by atoms with van der Waals surface area (Å²) in [5.74, 6) is 0.618. The normalized spacial score (nSPS) is 11.1. The molecule has 0 saturated carbocycles. The molecular weight excluding hydrogens is 530 g/mol. The van der Waals surface area contributed by atoms with E-state index in [-0.39, 0.29) is 16.3 Å². The molecule has 0 saturated heterocycles. The summed E-state index contributed by atoms with van der Waals surface area (Å²) in [6.45, 7) is 1.44. The lowest BCUT2D eigenvalue weighted by molar-refractivity contribution is 0.1000. The van der Waals surface area contributed by atoms with E-state index < -0.39 is 12.0 Å². The van der Waals surface area contributed by atoms with E-state index in [4.69, 9.17) is 37.3 Å². The minimum absolute atomic E-state index is 0.0586. The fourth-order valence-electron chi connectivity index (χ4n) is 3.76. The number of carbonyl (C=O) groups is 1. The number of primary amides is 1. The molecule has 9 heteroatoms. The number of nitrogens with one attached hydrogen (secondary N) is 2. The summed E-state index contributed by atoms with van der Waals surface area (Å²) in [4.78, 5) is 10.5. The largest absolute Gasteiger partial charge is 0.506 e. The van der Waals surface area contributed by atoms with Crippen LogP contribution in [-0.4, -0.2) is 49.1 Å². The lowest BCUT2D eigenvalue weighted by Crippen LogP contribution is -2.26. The molecular formula is C31H32ClN3O5. The average Bonchev–Trinajstić information content (AvgIpc) is 2.99. The number of methoxy groups -OCH3 is 1. The van der Waals surface area contributed by atoms with Gasteiger partial charge in [0, 0.05) is 30.4 Å². The summed E-state index contributed by atoms with van der Waals surface area (Å²) < 4.78 is 11.6. The van der Waals surface area contributed by atoms with Gasteiger partial charge in [-0.15, -0.1) is 0 Å². The van der Waals surface area contributed by atoms with Gasteiger partial charge in [0.25, 0.3) is 0 Å². The highest BCUT2D eigenvalue weighted by Crippen LogP contribution is 2.39. The number of amides is 1. The van der Waals surface area contributed by atoms with Crippen molar-refractivity contribution in [2.75, 3.05) is 26.8 Å². The van der Waals surface area contributed by atoms with Crippen LogP contribution in [0.25, 0.3) is 11.1 Å². The smallest absolute Gasteiger partial charge is 0.248 e. The highest BCUT2D eigenvalue weighted by Gasteiger charge is 2.15. The summed E-state index contributed by atoms with van der Waals surface area (Å²) in [6.07, 6.45) is 0.739. The molecule has 0 aliphatic carbocycles. The molecule has 0 aliphatic heterocycles. The van der Waals surface area contributed by atoms with Crippen LogP contribution >= 0.6 is 11.6 Å². The Labute approximate surface area is 238 Å². The third-order valence-electron chi connectivity index (χ3n) is 5.83. The van der Waals surface area contributed by atoms with E-state index in [1.54, 1.807) is 13.2 Å². The number of rotatable bonds is 11. The van der Waals surface area contributed by atoms with E-state index in [1.807, 2.05) is 66.7 Å². The van der Waals surface area contributed by atoms with Gasteiger partial charge >= 0.3 is 0 Å². The molecule has 0 heterocycles. The Bertz CT molecular complexity index is 1400. The third-order valence-corrected chi connectivity index (χ3v) is 6.13. The first-order valence-corrected chi connectivity index (χ1v) is 12.8. The maximum Gasteiger partial charge on any atom is 0.248 e. The number of ether oxygens (including phenoxy) is 2. The van der Waals surface area contributed by atoms with Gasteiger partial charge in [0.15, 0.2) is 11.5 Å². The predicted molar refractivity (Wildman–Crippen MR) is 158 cm³/mol. The van der Waals surface area contributed by atoms with Crippen LogP contribution in [0, 0.1) is 5.41 Å². The lowest BCUT2D eigenvalue weighted by Gasteiger charge is -2.17. The highest BCUT2D eigenvalue weighted by molar-refractivity contribution is 6.32. The lowest BCUT2D eigenvalue weighted by atomic mass is 10.0. The van der Waals surface area contributed by atoms with Crippen molar-refractivity contribution in [1.82, 2.24) is 5.32 Å². The predicted octanol–water partition coefficient (Wildman–Crippen LogP) is 5.21. The van der Waals surface area contributed by atoms with E-state index in [1.165, 1.54) is 24.4 Å². The number of aliphatic hydroxyl groups is 1. The van der Waals surface area contributed by atoms with E-state index in [9.17, 15) is 9.90 Å². The molecule has 0 bridgehead atoms. The van der Waals surface area contributed by atoms with E-state index in [0.29, 0.717) is 31.2 Å². The number of halogens is 1. The Hall–Kier alpha value is -4.37. The molecule has 1 atom stereocenters. The molecule has 4 aromatic rings. The molecule has 4 rings (SSSR count). The van der Waals surface area contributed by atoms with Crippen LogP contribution in [0.4, 0.5) is 0 Å². The number of aromatic hydroxyl groups is 1. The molecule has 40 heavy (non-hydrogen) atoms. The first-order chi connectivity index (χ1) is 19.3. The number of hydrogen-bond acceptors (Lipinski definition) is 7. The average molecular weight is 562 g/mol. The van der Waals surface area contributed by atoms with Crippen molar-refractivity contribution in [1.29, 1.82) is 5.41 Å². The second-order valence-corrected chi connectivity index (χ2v) is 9.03. The number of hydrogen-bond donors (Lipinski definition) is 5. The van der Waals surface area contributed by atoms with Gasteiger partial charge in [-0.3, -0.25) is 4.79 Å². The topological polar surface area (TPSA) is 138 Å². The molecule has 4 aromatic carbocycles. The molecule has 0 aliphatic rings. The van der Waals surface area contributed by atoms with Crippen molar-refractivity contribution >= 4 is 23.7 Å². The van der Waals surface area contributed by atoms with E-state index in [2.05, 4.69) is 5.32 Å². The number of carbonyl (C=O) groups excluding carboxylic acids is 1. The van der Waals surface area contributed by atoms with Crippen molar-refractivity contribution in [2.24, 2.45) is 5.73 Å². The number of benzene rings is 4. The standard InChI is InChI=1S/C24H26N2O3.C7H6ClNO2/c1-28-23-15-18(16-25)14-21(19-8-4-2-5-9-19)24(23)29-13-12-26-17-22(27)20-10-6-3-7-11-20;8-5-3-4(7(9)11)1-2-6(5)10/h2-11,14-16,22,25-27H,12-13,17H2,1H3;1-3,10H,(H2,9,11). The monoisotopic (exact) mass is 561 g/mol. The summed E-state index contributed by atoms with van der Waals surface area (Å²) in [6, 6.07) is 27.2. The first kappa shape index (κ1) is 30.2. The molecule has 0 spiro atoms. The van der Waals surface area contributed by atoms with Crippen LogP contribution in [0.2, 0.25) is 5.02 Å². The summed E-state index contributed by atoms with van der Waals surface area (Å²) in [5, 5.41) is 30.1. The van der Waals surface area contributed by atoms with E-state index >= 15 is 0 Å². The second-order valence-electron chi connectivity index (χ2n) is 8.62. The van der Waals surface area contributed by atoms with Crippen LogP contribution in [-0.2, 0) is 0 Å². The first-order valence-electron chi connectivity index (χ1n) is 12.5. The summed E-state index contributed by atoms with van der Waals surface area (Å²) in [5.41, 5.74) is 8.75. The molecule has 6 N–H and O–H groups in total. The molecule has 1 amide bonds. The molecule has 208 valence electrons. The number of phenolic OH excluding ortho intramolecular Hbond substituents is 1. The van der Waals surface area contributed by atoms with Crippen LogP contribution in [0.1, 0.15) is 27.6 Å². The molecule has 0 fully saturated rings. The maximum atomic E-state index is 10.5. The minimum atomic E-state index is -0.563. The van der Waals surface area contributed by atoms with Gasteiger partial charge < -0.3 is 36.1 Å². The second kappa shape index (κ2) is 15.3. The molecule has 0 radical (unpaired) electrons. The van der Waals surface area contributed by atoms with E-state index in [0.717, 1.165) is 22.3 Å². The Morgan fingerprint density at radius 1 is 1.05 bits per heavy atom. The minimum Gasteiger partial charge on any atom is -0.506 e. The Balaban J connectivity index is 0.000000336. The van der Waals surface area contributed by atoms with Crippen molar-refractivity contribution in [3.63, 3.8) is 0 Å². The van der Waals surface area contributed by atoms with Gasteiger partial charge in [0.05, 0.1) is 18.2 Å². The maximum absolute atomic E-state index is 10.5. The SMILES string of the molecule is COc1cc(C=N)cc(-c2ccccc2)c1OCCNCC(O)c1ccccc1.NC(=O)c1ccc(O)c(Cl)c1. The summed E-state index contributed by atoms with van der Waals surface area (Å²) in [7, 11) is 1.60. The quantitative estimate of drug-likeness (QED) is 0.126. The van der Waals surface area contributed by atoms with Crippen LogP contribution in [0.5, 0.6) is 17.2 Å². The zero-order valence-corrected chi connectivity index (χ0v) is 22.8. The van der Waals surface area contributed by atoms with Crippen molar-refractivity contribution in [3.8, 4) is 28.4 Å². The molecule has 1 unspecified atom stereocenters. The number of nitrogens with two attached hydrogens (primary N) is 1. The van der Waals surface area contributed by atoms with Gasteiger partial charge in [0.2, 0.25) is 5.91 Å². The zero-order chi connectivity index (χ0) is 28.9. The van der Waals surface area contributed by atoms with Crippen LogP contribution in [0.3, 0.4) is 0 Å². The molecule has 8 nitrogen and oxygen atoms in total. The van der Waals surface area contributed by atoms with Gasteiger partial charge in [-0.1, -0.05) is 72.3 Å². The zero-order valence-electron chi connectivity index (χ0n) is 22.0. The number of aliphatic hydroxyl groups excluding tert-OH is 1. The highest BCUT2D eigenvalue weighted by atomic mass is 35.5. The van der Waals surface area contributed by atoms with Crippen LogP contribution in [0.15, 0.2) is 91.0 Å². The van der Waals surface area contributed by atoms with Crippen molar-refractivity contribution in [3.05, 3.63) is 113 Å². The Morgan fingerprint density at radius 3 is 2.33 bits per heavy atom. The van der Waals surface area contributed by atoms with Gasteiger partial charge in [-0.05, 0) is 47.0 Å². The van der Waals surface area contributed by atoms with Gasteiger partial charge in [-0.2, -0.15) is 0 Å². The van der Waals surface area contributed by atoms with Crippen molar-refractivity contribution in [2.45, 2.75) is 6.10 Å². The van der Waals surface area contributed by atoms with Gasteiger partial charge in [0.1, 0.15) is 12.4 Å². The van der Waals surface area contributed by atoms with Crippen LogP contribution < -0.4 is 20.5 Å². The third kappa shape index (κ3) is 8.57. The Kier molecular flexibility index (Phi) is 11.5. The fraction of sp³-hybridized carbons (Fsp3) is 0.161. The van der Waals surface area contributed by atoms with Gasteiger partial charge in [-0.25, -0.2) is 0 Å². The number of phenols is 1. The summed E-state index contributed by atoms with van der Waals surface area (Å²) >= 11 is 5.50. The Morgan fingerprint density at radius 2 is 1.73 bits per heavy atom. The fourth-order valence-corrected chi connectivity index (χ4v) is 3.94. The van der Waals surface area contributed by atoms with Crippen molar-refractivity contribution < 1.29 is 24.5 Å². The molecule has 0 aromatic heterocycles.